The number of hydrogen-bond donors (Lipinski definition) is 0. The van der Waals surface area contributed by atoms with Crippen molar-refractivity contribution in [2.45, 2.75) is 84.0 Å². The predicted octanol–water partition coefficient (Wildman–Crippen LogP) is 1.50. The van der Waals surface area contributed by atoms with Crippen molar-refractivity contribution in [2.75, 3.05) is 6.61 Å². The van der Waals surface area contributed by atoms with Gasteiger partial charge in [0.25, 0.3) is 0 Å². The number of unbranched alkanes of at least 4 members (excludes halogenated alkanes) is 11. The molecule has 0 aliphatic rings. The molecular weight excluding hydrogens is 271 g/mol. The topological polar surface area (TPSA) is 49.4 Å². The first-order valence-corrected chi connectivity index (χ1v) is 8.50. The minimum Gasteiger partial charge on any atom is -0.750 e. The molecule has 5 heteroatoms. The molecule has 110 valence electrons. The van der Waals surface area contributed by atoms with E-state index in [4.69, 9.17) is 0 Å². The van der Waals surface area contributed by atoms with Crippen molar-refractivity contribution in [3.63, 3.8) is 0 Å². The van der Waals surface area contributed by atoms with Crippen LogP contribution in [-0.2, 0) is 15.5 Å². The zero-order chi connectivity index (χ0) is 13.5. The largest absolute Gasteiger partial charge is 1.00 e. The fourth-order valence-corrected chi connectivity index (χ4v) is 2.32. The van der Waals surface area contributed by atoms with Crippen molar-refractivity contribution in [1.29, 1.82) is 0 Å². The van der Waals surface area contributed by atoms with E-state index in [0.29, 0.717) is 6.61 Å². The Bertz CT molecular complexity index is 192. The van der Waals surface area contributed by atoms with Crippen LogP contribution in [0.1, 0.15) is 84.0 Å². The molecule has 0 bridgehead atoms. The average molecular weight is 300 g/mol. The van der Waals surface area contributed by atoms with Gasteiger partial charge in [0.2, 0.25) is 0 Å². The Balaban J connectivity index is 0. The van der Waals surface area contributed by atoms with E-state index in [2.05, 4.69) is 11.1 Å². The van der Waals surface area contributed by atoms with Crippen molar-refractivity contribution < 1.29 is 42.5 Å². The van der Waals surface area contributed by atoms with E-state index >= 15 is 0 Å². The molecule has 0 N–H and O–H groups in total. The van der Waals surface area contributed by atoms with Crippen molar-refractivity contribution in [3.05, 3.63) is 0 Å². The van der Waals surface area contributed by atoms with Crippen LogP contribution in [0.5, 0.6) is 0 Å². The van der Waals surface area contributed by atoms with Crippen molar-refractivity contribution >= 4 is 11.4 Å². The monoisotopic (exact) mass is 300 g/mol. The first-order valence-electron chi connectivity index (χ1n) is 7.50. The smallest absolute Gasteiger partial charge is 0.750 e. The molecule has 0 rings (SSSR count). The summed E-state index contributed by atoms with van der Waals surface area (Å²) in [6.45, 7) is 2.59. The van der Waals surface area contributed by atoms with Crippen LogP contribution in [0.15, 0.2) is 0 Å². The summed E-state index contributed by atoms with van der Waals surface area (Å²) in [7, 11) is 0. The summed E-state index contributed by atoms with van der Waals surface area (Å²) < 4.78 is 24.6. The summed E-state index contributed by atoms with van der Waals surface area (Å²) in [6, 6.07) is 0. The van der Waals surface area contributed by atoms with Gasteiger partial charge in [0, 0.05) is 0 Å². The van der Waals surface area contributed by atoms with E-state index in [9.17, 15) is 8.76 Å². The fourth-order valence-electron chi connectivity index (χ4n) is 2.07. The molecule has 0 saturated carbocycles. The molecule has 0 aromatic heterocycles. The molecule has 0 fully saturated rings. The van der Waals surface area contributed by atoms with Crippen LogP contribution >= 0.6 is 0 Å². The third-order valence-corrected chi connectivity index (χ3v) is 3.54. The zero-order valence-electron chi connectivity index (χ0n) is 12.8. The number of hydrogen-bond acceptors (Lipinski definition) is 3. The average Bonchev–Trinajstić information content (AvgIpc) is 2.34. The van der Waals surface area contributed by atoms with Gasteiger partial charge < -0.3 is 8.74 Å². The van der Waals surface area contributed by atoms with Crippen LogP contribution < -0.4 is 29.6 Å². The van der Waals surface area contributed by atoms with Gasteiger partial charge in [-0.25, -0.2) is 4.21 Å². The standard InChI is InChI=1S/C14H30O3S.Na/c1-2-3-4-5-6-7-8-9-10-11-12-13-14-17-18(15)16;/h2-14H2,1H3,(H,15,16);/q;+1/p-1. The normalized spacial score (nSPS) is 12.1. The predicted molar refractivity (Wildman–Crippen MR) is 75.9 cm³/mol. The van der Waals surface area contributed by atoms with Gasteiger partial charge >= 0.3 is 29.6 Å². The van der Waals surface area contributed by atoms with Gasteiger partial charge in [-0.15, -0.1) is 0 Å². The molecule has 0 aromatic rings. The van der Waals surface area contributed by atoms with E-state index in [-0.39, 0.29) is 29.6 Å². The van der Waals surface area contributed by atoms with Crippen LogP contribution in [0, 0.1) is 0 Å². The van der Waals surface area contributed by atoms with Crippen molar-refractivity contribution in [3.8, 4) is 0 Å². The molecule has 0 aliphatic heterocycles. The molecule has 0 heterocycles. The van der Waals surface area contributed by atoms with E-state index in [1.165, 1.54) is 64.2 Å². The van der Waals surface area contributed by atoms with Crippen LogP contribution in [0.3, 0.4) is 0 Å². The Morgan fingerprint density at radius 2 is 1.16 bits per heavy atom. The third-order valence-electron chi connectivity index (χ3n) is 3.18. The Morgan fingerprint density at radius 3 is 1.53 bits per heavy atom. The molecule has 1 unspecified atom stereocenters. The quantitative estimate of drug-likeness (QED) is 0.277. The Morgan fingerprint density at radius 1 is 0.789 bits per heavy atom. The number of rotatable bonds is 14. The molecule has 0 saturated heterocycles. The summed E-state index contributed by atoms with van der Waals surface area (Å²) in [5, 5.41) is 0. The van der Waals surface area contributed by atoms with Gasteiger partial charge in [-0.1, -0.05) is 77.6 Å². The molecule has 0 amide bonds. The summed E-state index contributed by atoms with van der Waals surface area (Å²) >= 11 is -2.33. The third kappa shape index (κ3) is 21.5. The Labute approximate surface area is 144 Å². The second-order valence-corrected chi connectivity index (χ2v) is 5.56. The Hall–Kier alpha value is 1.07. The van der Waals surface area contributed by atoms with Crippen LogP contribution in [0.25, 0.3) is 0 Å². The van der Waals surface area contributed by atoms with Crippen LogP contribution in [0.2, 0.25) is 0 Å². The SMILES string of the molecule is CCCCCCCCCCCCCCOS(=O)[O-].[Na+]. The van der Waals surface area contributed by atoms with Crippen LogP contribution in [0.4, 0.5) is 0 Å². The molecule has 3 nitrogen and oxygen atoms in total. The maximum absolute atomic E-state index is 10.1. The van der Waals surface area contributed by atoms with E-state index in [0.717, 1.165) is 12.8 Å². The maximum Gasteiger partial charge on any atom is 1.00 e. The minimum absolute atomic E-state index is 0. The molecule has 1 atom stereocenters. The summed E-state index contributed by atoms with van der Waals surface area (Å²) in [4.78, 5) is 0. The fraction of sp³-hybridized carbons (Fsp3) is 1.00. The second-order valence-electron chi connectivity index (χ2n) is 4.92. The molecule has 0 radical (unpaired) electrons. The van der Waals surface area contributed by atoms with Gasteiger partial charge in [-0.05, 0) is 6.42 Å². The summed E-state index contributed by atoms with van der Waals surface area (Å²) in [5.74, 6) is 0. The second kappa shape index (κ2) is 19.1. The van der Waals surface area contributed by atoms with Crippen LogP contribution in [-0.4, -0.2) is 15.4 Å². The summed E-state index contributed by atoms with van der Waals surface area (Å²) in [5.41, 5.74) is 0. The van der Waals surface area contributed by atoms with Crippen molar-refractivity contribution in [2.24, 2.45) is 0 Å². The molecule has 0 spiro atoms. The molecule has 19 heavy (non-hydrogen) atoms. The van der Waals surface area contributed by atoms with Gasteiger partial charge in [-0.2, -0.15) is 0 Å². The van der Waals surface area contributed by atoms with E-state index < -0.39 is 11.4 Å². The van der Waals surface area contributed by atoms with Gasteiger partial charge in [0.1, 0.15) is 0 Å². The van der Waals surface area contributed by atoms with Gasteiger partial charge in [0.15, 0.2) is 0 Å². The zero-order valence-corrected chi connectivity index (χ0v) is 15.6. The van der Waals surface area contributed by atoms with Gasteiger partial charge in [0.05, 0.1) is 18.0 Å². The minimum atomic E-state index is -2.33. The first kappa shape index (κ1) is 22.4. The van der Waals surface area contributed by atoms with Gasteiger partial charge in [-0.3, -0.25) is 0 Å². The summed E-state index contributed by atoms with van der Waals surface area (Å²) in [6.07, 6.45) is 15.4. The van der Waals surface area contributed by atoms with E-state index in [1.807, 2.05) is 0 Å². The maximum atomic E-state index is 10.1. The Kier molecular flexibility index (Phi) is 22.4. The first-order chi connectivity index (χ1) is 8.77. The van der Waals surface area contributed by atoms with Crippen molar-refractivity contribution in [1.82, 2.24) is 0 Å². The molecular formula is C14H29NaO3S. The molecule has 0 aliphatic carbocycles. The van der Waals surface area contributed by atoms with E-state index in [1.54, 1.807) is 0 Å². The molecule has 0 aromatic carbocycles.